The monoisotopic (exact) mass is 320 g/mol. The van der Waals surface area contributed by atoms with Gasteiger partial charge in [0.2, 0.25) is 0 Å². The third-order valence-electron chi connectivity index (χ3n) is 4.66. The average Bonchev–Trinajstić information content (AvgIpc) is 3.08. The molecule has 0 saturated carbocycles. The van der Waals surface area contributed by atoms with Gasteiger partial charge in [-0.1, -0.05) is 26.0 Å². The van der Waals surface area contributed by atoms with Crippen LogP contribution in [0.5, 0.6) is 11.5 Å². The first-order valence-electron chi connectivity index (χ1n) is 8.40. The summed E-state index contributed by atoms with van der Waals surface area (Å²) in [7, 11) is 3.31. The maximum Gasteiger partial charge on any atom is 0.317 e. The second-order valence-electron chi connectivity index (χ2n) is 5.98. The summed E-state index contributed by atoms with van der Waals surface area (Å²) in [5.74, 6) is 1.81. The number of nitrogens with zero attached hydrogens (tertiary/aromatic N) is 1. The van der Waals surface area contributed by atoms with Gasteiger partial charge in [0.1, 0.15) is 0 Å². The predicted molar refractivity (Wildman–Crippen MR) is 91.4 cm³/mol. The number of hydrogen-bond acceptors (Lipinski definition) is 3. The van der Waals surface area contributed by atoms with E-state index in [2.05, 4.69) is 25.2 Å². The zero-order valence-corrected chi connectivity index (χ0v) is 14.6. The summed E-state index contributed by atoms with van der Waals surface area (Å²) in [6.07, 6.45) is 2.87. The van der Waals surface area contributed by atoms with Gasteiger partial charge in [-0.05, 0) is 25.3 Å². The first-order chi connectivity index (χ1) is 11.1. The van der Waals surface area contributed by atoms with E-state index in [0.717, 1.165) is 49.4 Å². The molecule has 23 heavy (non-hydrogen) atoms. The molecule has 5 heteroatoms. The molecule has 2 rings (SSSR count). The van der Waals surface area contributed by atoms with Crippen LogP contribution in [0.1, 0.15) is 44.6 Å². The number of benzene rings is 1. The van der Waals surface area contributed by atoms with Crippen molar-refractivity contribution >= 4 is 6.03 Å². The van der Waals surface area contributed by atoms with Crippen LogP contribution in [0.15, 0.2) is 18.2 Å². The van der Waals surface area contributed by atoms with E-state index in [9.17, 15) is 4.79 Å². The Kier molecular flexibility index (Phi) is 6.13. The lowest BCUT2D eigenvalue weighted by atomic mass is 9.97. The van der Waals surface area contributed by atoms with E-state index in [1.165, 1.54) is 0 Å². The van der Waals surface area contributed by atoms with Crippen molar-refractivity contribution in [2.45, 2.75) is 45.1 Å². The van der Waals surface area contributed by atoms with Crippen molar-refractivity contribution in [3.05, 3.63) is 23.8 Å². The highest BCUT2D eigenvalue weighted by Gasteiger charge is 2.30. The highest BCUT2D eigenvalue weighted by molar-refractivity contribution is 5.75. The summed E-state index contributed by atoms with van der Waals surface area (Å²) in [6, 6.07) is 6.24. The van der Waals surface area contributed by atoms with E-state index in [-0.39, 0.29) is 18.0 Å². The van der Waals surface area contributed by atoms with Crippen molar-refractivity contribution in [2.75, 3.05) is 27.3 Å². The minimum Gasteiger partial charge on any atom is -0.493 e. The molecule has 0 bridgehead atoms. The third kappa shape index (κ3) is 3.89. The number of methoxy groups -OCH3 is 2. The third-order valence-corrected chi connectivity index (χ3v) is 4.66. The van der Waals surface area contributed by atoms with E-state index in [4.69, 9.17) is 9.47 Å². The second-order valence-corrected chi connectivity index (χ2v) is 5.98. The van der Waals surface area contributed by atoms with Crippen molar-refractivity contribution in [2.24, 2.45) is 0 Å². The van der Waals surface area contributed by atoms with Crippen molar-refractivity contribution in [1.82, 2.24) is 10.2 Å². The van der Waals surface area contributed by atoms with E-state index in [1.807, 2.05) is 17.0 Å². The Labute approximate surface area is 139 Å². The standard InChI is InChI=1S/C18H28N2O3/c1-5-14(6-2)19-18(21)20-11-10-13(12-20)15-8-7-9-16(22-3)17(15)23-4/h7-9,13-14H,5-6,10-12H2,1-4H3,(H,19,21)/t13-/m0/s1. The molecule has 1 aromatic rings. The Morgan fingerprint density at radius 1 is 1.30 bits per heavy atom. The molecule has 1 N–H and O–H groups in total. The minimum absolute atomic E-state index is 0.0445. The van der Waals surface area contributed by atoms with Crippen LogP contribution < -0.4 is 14.8 Å². The van der Waals surface area contributed by atoms with Gasteiger partial charge >= 0.3 is 6.03 Å². The number of likely N-dealkylation sites (tertiary alicyclic amines) is 1. The number of carbonyl (C=O) groups excluding carboxylic acids is 1. The van der Waals surface area contributed by atoms with Crippen molar-refractivity contribution < 1.29 is 14.3 Å². The van der Waals surface area contributed by atoms with Crippen LogP contribution in [0.4, 0.5) is 4.79 Å². The zero-order valence-electron chi connectivity index (χ0n) is 14.6. The Morgan fingerprint density at radius 2 is 2.04 bits per heavy atom. The van der Waals surface area contributed by atoms with E-state index in [0.29, 0.717) is 0 Å². The summed E-state index contributed by atoms with van der Waals surface area (Å²) >= 11 is 0. The van der Waals surface area contributed by atoms with Crippen LogP contribution in [-0.2, 0) is 0 Å². The predicted octanol–water partition coefficient (Wildman–Crippen LogP) is 3.39. The maximum absolute atomic E-state index is 12.4. The molecule has 0 spiro atoms. The van der Waals surface area contributed by atoms with Crippen LogP contribution in [0.3, 0.4) is 0 Å². The van der Waals surface area contributed by atoms with E-state index in [1.54, 1.807) is 14.2 Å². The normalized spacial score (nSPS) is 17.4. The molecular weight excluding hydrogens is 292 g/mol. The molecule has 1 aromatic carbocycles. The van der Waals surface area contributed by atoms with Crippen molar-refractivity contribution in [1.29, 1.82) is 0 Å². The lowest BCUT2D eigenvalue weighted by molar-refractivity contribution is 0.203. The molecule has 1 aliphatic rings. The molecule has 0 unspecified atom stereocenters. The smallest absolute Gasteiger partial charge is 0.317 e. The van der Waals surface area contributed by atoms with Crippen LogP contribution in [0.25, 0.3) is 0 Å². The fourth-order valence-corrected chi connectivity index (χ4v) is 3.19. The Morgan fingerprint density at radius 3 is 2.65 bits per heavy atom. The number of urea groups is 1. The van der Waals surface area contributed by atoms with Gasteiger partial charge in [-0.3, -0.25) is 0 Å². The zero-order chi connectivity index (χ0) is 16.8. The van der Waals surface area contributed by atoms with Crippen LogP contribution in [0, 0.1) is 0 Å². The first kappa shape index (κ1) is 17.4. The fraction of sp³-hybridized carbons (Fsp3) is 0.611. The number of ether oxygens (including phenoxy) is 2. The molecule has 1 saturated heterocycles. The largest absolute Gasteiger partial charge is 0.493 e. The van der Waals surface area contributed by atoms with Gasteiger partial charge < -0.3 is 19.7 Å². The van der Waals surface area contributed by atoms with Crippen LogP contribution in [-0.4, -0.2) is 44.3 Å². The van der Waals surface area contributed by atoms with Gasteiger partial charge in [0.05, 0.1) is 14.2 Å². The summed E-state index contributed by atoms with van der Waals surface area (Å²) in [5.41, 5.74) is 1.12. The number of hydrogen-bond donors (Lipinski definition) is 1. The van der Waals surface area contributed by atoms with Gasteiger partial charge in [-0.2, -0.15) is 0 Å². The first-order valence-corrected chi connectivity index (χ1v) is 8.40. The lowest BCUT2D eigenvalue weighted by Gasteiger charge is -2.22. The molecule has 0 aliphatic carbocycles. The second kappa shape index (κ2) is 8.09. The molecule has 0 aromatic heterocycles. The number of para-hydroxylation sites is 1. The molecule has 2 amide bonds. The molecule has 0 radical (unpaired) electrons. The van der Waals surface area contributed by atoms with E-state index >= 15 is 0 Å². The number of rotatable bonds is 6. The molecule has 1 atom stereocenters. The van der Waals surface area contributed by atoms with Gasteiger partial charge in [0.15, 0.2) is 11.5 Å². The Hall–Kier alpha value is -1.91. The van der Waals surface area contributed by atoms with Crippen LogP contribution in [0.2, 0.25) is 0 Å². The summed E-state index contributed by atoms with van der Waals surface area (Å²) < 4.78 is 10.9. The molecule has 1 aliphatic heterocycles. The number of carbonyl (C=O) groups is 1. The molecular formula is C18H28N2O3. The topological polar surface area (TPSA) is 50.8 Å². The molecule has 1 fully saturated rings. The Bertz CT molecular complexity index is 529. The SMILES string of the molecule is CCC(CC)NC(=O)N1CC[C@H](c2cccc(OC)c2OC)C1. The highest BCUT2D eigenvalue weighted by Crippen LogP contribution is 2.39. The molecule has 1 heterocycles. The molecule has 5 nitrogen and oxygen atoms in total. The minimum atomic E-state index is 0.0445. The van der Waals surface area contributed by atoms with Gasteiger partial charge in [-0.15, -0.1) is 0 Å². The summed E-state index contributed by atoms with van der Waals surface area (Å²) in [5, 5.41) is 3.11. The van der Waals surface area contributed by atoms with Gasteiger partial charge in [-0.25, -0.2) is 4.79 Å². The summed E-state index contributed by atoms with van der Waals surface area (Å²) in [6.45, 7) is 5.69. The van der Waals surface area contributed by atoms with Gasteiger partial charge in [0, 0.05) is 30.6 Å². The quantitative estimate of drug-likeness (QED) is 0.874. The maximum atomic E-state index is 12.4. The number of amides is 2. The van der Waals surface area contributed by atoms with E-state index < -0.39 is 0 Å². The molecule has 128 valence electrons. The summed E-state index contributed by atoms with van der Waals surface area (Å²) in [4.78, 5) is 14.3. The van der Waals surface area contributed by atoms with Crippen molar-refractivity contribution in [3.8, 4) is 11.5 Å². The lowest BCUT2D eigenvalue weighted by Crippen LogP contribution is -2.43. The fourth-order valence-electron chi connectivity index (χ4n) is 3.19. The van der Waals surface area contributed by atoms with Crippen LogP contribution >= 0.6 is 0 Å². The Balaban J connectivity index is 2.07. The van der Waals surface area contributed by atoms with Crippen molar-refractivity contribution in [3.63, 3.8) is 0 Å². The average molecular weight is 320 g/mol. The number of nitrogens with one attached hydrogen (secondary N) is 1. The van der Waals surface area contributed by atoms with Gasteiger partial charge in [0.25, 0.3) is 0 Å². The highest BCUT2D eigenvalue weighted by atomic mass is 16.5.